The average molecular weight is 332 g/mol. The van der Waals surface area contributed by atoms with Gasteiger partial charge < -0.3 is 4.74 Å². The summed E-state index contributed by atoms with van der Waals surface area (Å²) in [7, 11) is -3.77. The summed E-state index contributed by atoms with van der Waals surface area (Å²) in [6.45, 7) is -1.41. The molecule has 0 saturated heterocycles. The first-order valence-corrected chi connectivity index (χ1v) is 7.49. The Balaban J connectivity index is 2.13. The van der Waals surface area contributed by atoms with Gasteiger partial charge in [0.15, 0.2) is 6.61 Å². The summed E-state index contributed by atoms with van der Waals surface area (Å²) >= 11 is 0. The minimum absolute atomic E-state index is 0.0330. The monoisotopic (exact) mass is 332 g/mol. The van der Waals surface area contributed by atoms with Crippen LogP contribution >= 0.6 is 0 Å². The molecule has 22 heavy (non-hydrogen) atoms. The number of aromatic nitrogens is 1. The van der Waals surface area contributed by atoms with Crippen LogP contribution in [0.1, 0.15) is 0 Å². The Morgan fingerprint density at radius 2 is 1.64 bits per heavy atom. The predicted molar refractivity (Wildman–Crippen MR) is 72.6 cm³/mol. The fraction of sp³-hybridized carbons (Fsp3) is 0.154. The number of primary sulfonamides is 1. The molecule has 1 aromatic heterocycles. The molecule has 0 aliphatic carbocycles. The Hall–Kier alpha value is -2.13. The predicted octanol–water partition coefficient (Wildman–Crippen LogP) is 2.34. The van der Waals surface area contributed by atoms with Crippen LogP contribution in [0.25, 0.3) is 11.1 Å². The summed E-state index contributed by atoms with van der Waals surface area (Å²) in [5.74, 6) is -0.151. The third kappa shape index (κ3) is 4.43. The van der Waals surface area contributed by atoms with E-state index in [0.29, 0.717) is 11.1 Å². The number of nitrogens with zero attached hydrogens (tertiary/aromatic N) is 1. The maximum Gasteiger partial charge on any atom is 0.422 e. The van der Waals surface area contributed by atoms with Crippen LogP contribution in [0.3, 0.4) is 0 Å². The molecule has 0 aliphatic rings. The summed E-state index contributed by atoms with van der Waals surface area (Å²) in [5, 5.41) is 4.99. The third-order valence-corrected chi connectivity index (χ3v) is 3.57. The van der Waals surface area contributed by atoms with Crippen molar-refractivity contribution in [3.8, 4) is 17.0 Å². The van der Waals surface area contributed by atoms with Gasteiger partial charge in [-0.2, -0.15) is 13.2 Å². The van der Waals surface area contributed by atoms with Crippen molar-refractivity contribution < 1.29 is 26.3 Å². The molecule has 5 nitrogen and oxygen atoms in total. The smallest absolute Gasteiger partial charge is 0.422 e. The fourth-order valence-electron chi connectivity index (χ4n) is 1.63. The Kier molecular flexibility index (Phi) is 4.38. The number of pyridine rings is 1. The van der Waals surface area contributed by atoms with Gasteiger partial charge in [0.05, 0.1) is 4.90 Å². The van der Waals surface area contributed by atoms with E-state index in [1.54, 1.807) is 0 Å². The van der Waals surface area contributed by atoms with Crippen molar-refractivity contribution in [2.45, 2.75) is 11.1 Å². The van der Waals surface area contributed by atoms with Crippen LogP contribution < -0.4 is 9.88 Å². The van der Waals surface area contributed by atoms with Crippen LogP contribution in [0.2, 0.25) is 0 Å². The van der Waals surface area contributed by atoms with Gasteiger partial charge >= 0.3 is 6.18 Å². The maximum atomic E-state index is 12.0. The van der Waals surface area contributed by atoms with E-state index in [2.05, 4.69) is 9.72 Å². The largest absolute Gasteiger partial charge is 0.468 e. The summed E-state index contributed by atoms with van der Waals surface area (Å²) in [4.78, 5) is 3.73. The van der Waals surface area contributed by atoms with Crippen LogP contribution in [0.4, 0.5) is 13.2 Å². The number of hydrogen-bond acceptors (Lipinski definition) is 4. The number of ether oxygens (including phenoxy) is 1. The highest BCUT2D eigenvalue weighted by Gasteiger charge is 2.28. The van der Waals surface area contributed by atoms with E-state index in [4.69, 9.17) is 5.14 Å². The van der Waals surface area contributed by atoms with Gasteiger partial charge in [-0.15, -0.1) is 0 Å². The van der Waals surface area contributed by atoms with Crippen molar-refractivity contribution in [3.63, 3.8) is 0 Å². The molecule has 0 aliphatic heterocycles. The maximum absolute atomic E-state index is 12.0. The molecule has 1 aromatic carbocycles. The van der Waals surface area contributed by atoms with Crippen LogP contribution in [0.5, 0.6) is 5.88 Å². The van der Waals surface area contributed by atoms with Crippen molar-refractivity contribution in [1.82, 2.24) is 4.98 Å². The second-order valence-corrected chi connectivity index (χ2v) is 5.92. The standard InChI is InChI=1S/C13H11F3N2O3S/c14-13(15,16)8-21-12-6-3-10(7-18-12)9-1-4-11(5-2-9)22(17,19)20/h1-7H,8H2,(H2,17,19,20). The Bertz CT molecular complexity index is 742. The molecule has 9 heteroatoms. The molecule has 0 unspecified atom stereocenters. The van der Waals surface area contributed by atoms with E-state index in [1.807, 2.05) is 0 Å². The number of benzene rings is 1. The third-order valence-electron chi connectivity index (χ3n) is 2.64. The molecule has 0 spiro atoms. The van der Waals surface area contributed by atoms with Gasteiger partial charge in [-0.1, -0.05) is 12.1 Å². The van der Waals surface area contributed by atoms with Gasteiger partial charge in [-0.3, -0.25) is 0 Å². The molecule has 1 heterocycles. The number of alkyl halides is 3. The molecule has 0 radical (unpaired) electrons. The zero-order valence-corrected chi connectivity index (χ0v) is 11.9. The van der Waals surface area contributed by atoms with Crippen LogP contribution in [-0.4, -0.2) is 26.2 Å². The van der Waals surface area contributed by atoms with Gasteiger partial charge in [0.25, 0.3) is 0 Å². The molecular formula is C13H11F3N2O3S. The first-order chi connectivity index (χ1) is 10.1. The van der Waals surface area contributed by atoms with Gasteiger partial charge in [0.2, 0.25) is 15.9 Å². The second kappa shape index (κ2) is 5.93. The van der Waals surface area contributed by atoms with Gasteiger partial charge in [0.1, 0.15) is 0 Å². The highest BCUT2D eigenvalue weighted by atomic mass is 32.2. The molecule has 0 saturated carbocycles. The lowest BCUT2D eigenvalue weighted by molar-refractivity contribution is -0.154. The fourth-order valence-corrected chi connectivity index (χ4v) is 2.14. The molecule has 2 aromatic rings. The number of hydrogen-bond donors (Lipinski definition) is 1. The summed E-state index contributed by atoms with van der Waals surface area (Å²) in [5.41, 5.74) is 1.24. The molecule has 118 valence electrons. The van der Waals surface area contributed by atoms with E-state index < -0.39 is 22.8 Å². The Morgan fingerprint density at radius 3 is 2.09 bits per heavy atom. The zero-order valence-electron chi connectivity index (χ0n) is 11.0. The lowest BCUT2D eigenvalue weighted by Crippen LogP contribution is -2.19. The first-order valence-electron chi connectivity index (χ1n) is 5.94. The number of rotatable bonds is 4. The summed E-state index contributed by atoms with van der Waals surface area (Å²) in [6.07, 6.45) is -3.10. The molecule has 0 bridgehead atoms. The second-order valence-electron chi connectivity index (χ2n) is 4.36. The van der Waals surface area contributed by atoms with Crippen molar-refractivity contribution >= 4 is 10.0 Å². The first kappa shape index (κ1) is 16.2. The number of halogens is 3. The minimum atomic E-state index is -4.43. The number of nitrogens with two attached hydrogens (primary N) is 1. The molecule has 0 atom stereocenters. The van der Waals surface area contributed by atoms with E-state index >= 15 is 0 Å². The quantitative estimate of drug-likeness (QED) is 0.931. The average Bonchev–Trinajstić information content (AvgIpc) is 2.44. The van der Waals surface area contributed by atoms with Crippen molar-refractivity contribution in [3.05, 3.63) is 42.6 Å². The highest BCUT2D eigenvalue weighted by Crippen LogP contribution is 2.23. The number of sulfonamides is 1. The molecule has 0 fully saturated rings. The Morgan fingerprint density at radius 1 is 1.05 bits per heavy atom. The van der Waals surface area contributed by atoms with Crippen molar-refractivity contribution in [1.29, 1.82) is 0 Å². The Labute approximate surface area is 124 Å². The van der Waals surface area contributed by atoms with Gasteiger partial charge in [-0.05, 0) is 23.8 Å². The van der Waals surface area contributed by atoms with E-state index in [0.717, 1.165) is 0 Å². The lowest BCUT2D eigenvalue weighted by Gasteiger charge is -2.09. The normalized spacial score (nSPS) is 12.2. The summed E-state index contributed by atoms with van der Waals surface area (Å²) in [6, 6.07) is 8.52. The van der Waals surface area contributed by atoms with Crippen LogP contribution in [-0.2, 0) is 10.0 Å². The van der Waals surface area contributed by atoms with E-state index in [1.165, 1.54) is 42.6 Å². The van der Waals surface area contributed by atoms with E-state index in [-0.39, 0.29) is 10.8 Å². The molecule has 2 N–H and O–H groups in total. The highest BCUT2D eigenvalue weighted by molar-refractivity contribution is 7.89. The molecule has 2 rings (SSSR count). The molecule has 0 amide bonds. The van der Waals surface area contributed by atoms with Crippen molar-refractivity contribution in [2.75, 3.05) is 6.61 Å². The molecular weight excluding hydrogens is 321 g/mol. The summed E-state index contributed by atoms with van der Waals surface area (Å²) < 4.78 is 62.8. The minimum Gasteiger partial charge on any atom is -0.468 e. The van der Waals surface area contributed by atoms with E-state index in [9.17, 15) is 21.6 Å². The SMILES string of the molecule is NS(=O)(=O)c1ccc(-c2ccc(OCC(F)(F)F)nc2)cc1. The van der Waals surface area contributed by atoms with Gasteiger partial charge in [0, 0.05) is 17.8 Å². The van der Waals surface area contributed by atoms with Gasteiger partial charge in [-0.25, -0.2) is 18.5 Å². The van der Waals surface area contributed by atoms with Crippen LogP contribution in [0, 0.1) is 0 Å². The van der Waals surface area contributed by atoms with Crippen LogP contribution in [0.15, 0.2) is 47.5 Å². The zero-order chi connectivity index (χ0) is 16.4. The topological polar surface area (TPSA) is 82.3 Å². The van der Waals surface area contributed by atoms with Crippen molar-refractivity contribution in [2.24, 2.45) is 5.14 Å². The lowest BCUT2D eigenvalue weighted by atomic mass is 10.1.